The van der Waals surface area contributed by atoms with Crippen molar-refractivity contribution >= 4 is 34.6 Å². The van der Waals surface area contributed by atoms with Crippen molar-refractivity contribution in [1.82, 2.24) is 10.3 Å². The highest BCUT2D eigenvalue weighted by Gasteiger charge is 2.16. The van der Waals surface area contributed by atoms with Gasteiger partial charge in [-0.25, -0.2) is 9.78 Å². The van der Waals surface area contributed by atoms with Gasteiger partial charge in [-0.1, -0.05) is 6.42 Å². The smallest absolute Gasteiger partial charge is 0.355 e. The molecule has 0 fully saturated rings. The number of carboxylic acids is 1. The molecule has 2 N–H and O–H groups in total. The largest absolute Gasteiger partial charge is 0.476 e. The topological polar surface area (TPSA) is 79.3 Å². The van der Waals surface area contributed by atoms with Gasteiger partial charge in [-0.15, -0.1) is 22.7 Å². The lowest BCUT2D eigenvalue weighted by molar-refractivity contribution is 0.0690. The lowest BCUT2D eigenvalue weighted by Gasteiger charge is -2.01. The van der Waals surface area contributed by atoms with E-state index in [-0.39, 0.29) is 11.6 Å². The van der Waals surface area contributed by atoms with Gasteiger partial charge in [0.1, 0.15) is 0 Å². The van der Waals surface area contributed by atoms with E-state index >= 15 is 0 Å². The minimum Gasteiger partial charge on any atom is -0.476 e. The van der Waals surface area contributed by atoms with E-state index in [9.17, 15) is 9.59 Å². The summed E-state index contributed by atoms with van der Waals surface area (Å²) in [4.78, 5) is 29.2. The number of aryl methyl sites for hydroxylation is 2. The van der Waals surface area contributed by atoms with Crippen LogP contribution in [0.1, 0.15) is 54.9 Å². The molecule has 5 nitrogen and oxygen atoms in total. The van der Waals surface area contributed by atoms with E-state index in [2.05, 4.69) is 10.3 Å². The molecule has 122 valence electrons. The summed E-state index contributed by atoms with van der Waals surface area (Å²) in [6.45, 7) is 0.466. The number of amides is 1. The van der Waals surface area contributed by atoms with E-state index in [1.807, 2.05) is 6.07 Å². The molecule has 0 saturated carbocycles. The van der Waals surface area contributed by atoms with Crippen LogP contribution < -0.4 is 5.32 Å². The lowest BCUT2D eigenvalue weighted by atomic mass is 10.1. The molecule has 0 saturated heterocycles. The molecule has 3 rings (SSSR count). The molecule has 1 amide bonds. The average Bonchev–Trinajstić information content (AvgIpc) is 3.10. The number of hydrogen-bond acceptors (Lipinski definition) is 5. The molecule has 2 aromatic heterocycles. The van der Waals surface area contributed by atoms with E-state index in [0.29, 0.717) is 13.0 Å². The van der Waals surface area contributed by atoms with Crippen molar-refractivity contribution in [2.45, 2.75) is 38.5 Å². The van der Waals surface area contributed by atoms with Crippen LogP contribution in [0, 0.1) is 0 Å². The third-order valence-corrected chi connectivity index (χ3v) is 6.01. The number of hydrogen-bond donors (Lipinski definition) is 2. The zero-order chi connectivity index (χ0) is 16.2. The molecule has 7 heteroatoms. The molecule has 2 aromatic rings. The molecule has 1 aliphatic carbocycles. The van der Waals surface area contributed by atoms with Gasteiger partial charge < -0.3 is 10.4 Å². The minimum atomic E-state index is -1.02. The van der Waals surface area contributed by atoms with Crippen LogP contribution in [0.5, 0.6) is 0 Å². The molecule has 1 aliphatic rings. The fraction of sp³-hybridized carbons (Fsp3) is 0.438. The minimum absolute atomic E-state index is 0.0434. The second-order valence-corrected chi connectivity index (χ2v) is 7.64. The molecule has 0 bridgehead atoms. The third kappa shape index (κ3) is 3.97. The normalized spacial score (nSPS) is 14.1. The van der Waals surface area contributed by atoms with Crippen LogP contribution in [0.2, 0.25) is 0 Å². The van der Waals surface area contributed by atoms with Crippen molar-refractivity contribution in [2.24, 2.45) is 0 Å². The van der Waals surface area contributed by atoms with Crippen LogP contribution in [0.3, 0.4) is 0 Å². The summed E-state index contributed by atoms with van der Waals surface area (Å²) in [6, 6.07) is 2.03. The van der Waals surface area contributed by atoms with E-state index in [4.69, 9.17) is 5.11 Å². The molecule has 2 heterocycles. The van der Waals surface area contributed by atoms with E-state index in [1.165, 1.54) is 46.4 Å². The highest BCUT2D eigenvalue weighted by atomic mass is 32.1. The Morgan fingerprint density at radius 3 is 2.87 bits per heavy atom. The van der Waals surface area contributed by atoms with Crippen molar-refractivity contribution in [2.75, 3.05) is 6.54 Å². The number of fused-ring (bicyclic) bond motifs is 1. The summed E-state index contributed by atoms with van der Waals surface area (Å²) in [5.41, 5.74) is 1.40. The highest BCUT2D eigenvalue weighted by Crippen LogP contribution is 2.28. The monoisotopic (exact) mass is 350 g/mol. The van der Waals surface area contributed by atoms with Crippen molar-refractivity contribution in [3.8, 4) is 0 Å². The first-order valence-electron chi connectivity index (χ1n) is 7.71. The third-order valence-electron chi connectivity index (χ3n) is 3.87. The molecule has 23 heavy (non-hydrogen) atoms. The number of nitrogens with zero attached hydrogens (tertiary/aromatic N) is 1. The first-order valence-corrected chi connectivity index (χ1v) is 9.40. The van der Waals surface area contributed by atoms with Gasteiger partial charge in [-0.05, 0) is 37.3 Å². The van der Waals surface area contributed by atoms with Gasteiger partial charge in [-0.2, -0.15) is 0 Å². The molecule has 0 aliphatic heterocycles. The van der Waals surface area contributed by atoms with Crippen LogP contribution in [0.25, 0.3) is 0 Å². The van der Waals surface area contributed by atoms with E-state index in [0.717, 1.165) is 22.7 Å². The van der Waals surface area contributed by atoms with Crippen LogP contribution in [0.4, 0.5) is 0 Å². The zero-order valence-electron chi connectivity index (χ0n) is 12.6. The van der Waals surface area contributed by atoms with Gasteiger partial charge in [0.15, 0.2) is 5.69 Å². The number of carbonyl (C=O) groups excluding carboxylic acids is 1. The number of aromatic nitrogens is 1. The Morgan fingerprint density at radius 2 is 2.09 bits per heavy atom. The number of thiazole rings is 1. The summed E-state index contributed by atoms with van der Waals surface area (Å²) >= 11 is 2.92. The molecular weight excluding hydrogens is 332 g/mol. The van der Waals surface area contributed by atoms with Crippen LogP contribution in [0.15, 0.2) is 11.4 Å². The Labute approximate surface area is 142 Å². The highest BCUT2D eigenvalue weighted by molar-refractivity contribution is 7.14. The molecule has 0 unspecified atom stereocenters. The van der Waals surface area contributed by atoms with E-state index < -0.39 is 5.97 Å². The summed E-state index contributed by atoms with van der Waals surface area (Å²) in [5.74, 6) is -1.06. The number of carboxylic acid groups (broad SMARTS) is 1. The number of carbonyl (C=O) groups is 2. The lowest BCUT2D eigenvalue weighted by Crippen LogP contribution is -2.24. The van der Waals surface area contributed by atoms with E-state index in [1.54, 1.807) is 11.3 Å². The number of nitrogens with one attached hydrogen (secondary N) is 1. The van der Waals surface area contributed by atoms with Gasteiger partial charge in [0.05, 0.1) is 9.88 Å². The molecule has 0 atom stereocenters. The molecular formula is C16H18N2O3S2. The van der Waals surface area contributed by atoms with Gasteiger partial charge in [-0.3, -0.25) is 4.79 Å². The Kier molecular flexibility index (Phi) is 5.07. The van der Waals surface area contributed by atoms with Crippen LogP contribution >= 0.6 is 22.7 Å². The Bertz CT molecular complexity index is 697. The SMILES string of the molecule is O=C(O)c1csc(CCNC(=O)c2cc3c(s2)CCCCC3)n1. The Hall–Kier alpha value is -1.73. The Balaban J connectivity index is 1.54. The van der Waals surface area contributed by atoms with Crippen molar-refractivity contribution in [3.63, 3.8) is 0 Å². The molecule has 0 spiro atoms. The summed E-state index contributed by atoms with van der Waals surface area (Å²) in [6.07, 6.45) is 6.41. The summed E-state index contributed by atoms with van der Waals surface area (Å²) in [7, 11) is 0. The second-order valence-electron chi connectivity index (χ2n) is 5.56. The van der Waals surface area contributed by atoms with Crippen molar-refractivity contribution < 1.29 is 14.7 Å². The quantitative estimate of drug-likeness (QED) is 0.812. The van der Waals surface area contributed by atoms with Gasteiger partial charge in [0, 0.05) is 23.2 Å². The van der Waals surface area contributed by atoms with Crippen molar-refractivity contribution in [1.29, 1.82) is 0 Å². The van der Waals surface area contributed by atoms with Gasteiger partial charge in [0.25, 0.3) is 5.91 Å². The predicted molar refractivity (Wildman–Crippen MR) is 90.7 cm³/mol. The summed E-state index contributed by atoms with van der Waals surface area (Å²) < 4.78 is 0. The number of rotatable bonds is 5. The van der Waals surface area contributed by atoms with Crippen molar-refractivity contribution in [3.05, 3.63) is 37.5 Å². The maximum atomic E-state index is 12.2. The Morgan fingerprint density at radius 1 is 1.26 bits per heavy atom. The maximum Gasteiger partial charge on any atom is 0.355 e. The summed E-state index contributed by atoms with van der Waals surface area (Å²) in [5, 5.41) is 14.0. The first-order chi connectivity index (χ1) is 11.1. The standard InChI is InChI=1S/C16H18N2O3S2/c19-15(13-8-10-4-2-1-3-5-12(10)23-13)17-7-6-14-18-11(9-22-14)16(20)21/h8-9H,1-7H2,(H,17,19)(H,20,21). The van der Waals surface area contributed by atoms with Gasteiger partial charge >= 0.3 is 5.97 Å². The molecule has 0 radical (unpaired) electrons. The fourth-order valence-corrected chi connectivity index (χ4v) is 4.62. The average molecular weight is 350 g/mol. The fourth-order valence-electron chi connectivity index (χ4n) is 2.67. The number of thiophene rings is 1. The second kappa shape index (κ2) is 7.23. The predicted octanol–water partition coefficient (Wildman–Crippen LogP) is 3.14. The first kappa shape index (κ1) is 16.1. The van der Waals surface area contributed by atoms with Gasteiger partial charge in [0.2, 0.25) is 0 Å². The number of aromatic carboxylic acids is 1. The maximum absolute atomic E-state index is 12.2. The molecule has 0 aromatic carbocycles. The zero-order valence-corrected chi connectivity index (χ0v) is 14.3. The van der Waals surface area contributed by atoms with Crippen LogP contribution in [-0.4, -0.2) is 28.5 Å². The van der Waals surface area contributed by atoms with Crippen LogP contribution in [-0.2, 0) is 19.3 Å².